The first-order chi connectivity index (χ1) is 16.4. The molecule has 0 aromatic carbocycles. The fourth-order valence-corrected chi connectivity index (χ4v) is 3.19. The molecule has 0 saturated heterocycles. The van der Waals surface area contributed by atoms with Gasteiger partial charge in [-0.2, -0.15) is 61.5 Å². The van der Waals surface area contributed by atoms with Crippen LogP contribution in [0.25, 0.3) is 0 Å². The molecule has 0 rings (SSSR count). The normalized spacial score (nSPS) is 14.7. The van der Waals surface area contributed by atoms with Gasteiger partial charge >= 0.3 is 40.9 Å². The predicted octanol–water partition coefficient (Wildman–Crippen LogP) is 8.62. The molecule has 0 radical (unpaired) electrons. The van der Waals surface area contributed by atoms with Gasteiger partial charge in [-0.25, -0.2) is 0 Å². The number of halogens is 15. The molecule has 2 nitrogen and oxygen atoms in total. The lowest BCUT2D eigenvalue weighted by atomic mass is 9.90. The van der Waals surface area contributed by atoms with E-state index in [1.807, 2.05) is 0 Å². The molecule has 0 aliphatic rings. The maximum absolute atomic E-state index is 14.4. The summed E-state index contributed by atoms with van der Waals surface area (Å²) in [6.45, 7) is 1.96. The van der Waals surface area contributed by atoms with E-state index in [0.29, 0.717) is 25.7 Å². The van der Waals surface area contributed by atoms with Crippen molar-refractivity contribution in [3.63, 3.8) is 0 Å². The van der Waals surface area contributed by atoms with Crippen LogP contribution in [0, 0.1) is 0 Å². The lowest BCUT2D eigenvalue weighted by Crippen LogP contribution is -2.74. The van der Waals surface area contributed by atoms with Crippen LogP contribution in [0.1, 0.15) is 65.2 Å². The third kappa shape index (κ3) is 6.68. The van der Waals surface area contributed by atoms with Crippen LogP contribution in [0.3, 0.4) is 0 Å². The van der Waals surface area contributed by atoms with Crippen LogP contribution in [0.15, 0.2) is 0 Å². The molecule has 0 aliphatic heterocycles. The Morgan fingerprint density at radius 1 is 0.541 bits per heavy atom. The quantitative estimate of drug-likeness (QED) is 0.0934. The minimum absolute atomic E-state index is 0.0485. The Hall–Kier alpha value is -1.22. The molecule has 0 aliphatic carbocycles. The highest BCUT2D eigenvalue weighted by Crippen LogP contribution is 2.62. The van der Waals surface area contributed by atoms with Crippen LogP contribution < -0.4 is 0 Å². The monoisotopic (exact) mass is 597 g/mol. The summed E-state index contributed by atoms with van der Waals surface area (Å²) in [5.74, 6) is -49.8. The summed E-state index contributed by atoms with van der Waals surface area (Å²) in [5.41, 5.74) is 0. The third-order valence-electron chi connectivity index (χ3n) is 5.45. The van der Waals surface area contributed by atoms with E-state index in [1.165, 1.54) is 0 Å². The molecule has 37 heavy (non-hydrogen) atoms. The second-order valence-corrected chi connectivity index (χ2v) is 8.83. The number of alkyl halides is 15. The van der Waals surface area contributed by atoms with Gasteiger partial charge in [-0.1, -0.05) is 52.4 Å². The summed E-state index contributed by atoms with van der Waals surface area (Å²) in [7, 11) is 0. The van der Waals surface area contributed by atoms with Crippen molar-refractivity contribution in [1.82, 2.24) is 4.90 Å². The van der Waals surface area contributed by atoms with Crippen molar-refractivity contribution < 1.29 is 66.3 Å². The lowest BCUT2D eigenvalue weighted by molar-refractivity contribution is -0.432. The molecule has 0 aromatic heterocycles. The van der Waals surface area contributed by atoms with E-state index in [1.54, 1.807) is 13.8 Å². The van der Waals surface area contributed by atoms with Crippen LogP contribution in [0.4, 0.5) is 61.5 Å². The Morgan fingerprint density at radius 3 is 1.19 bits per heavy atom. The third-order valence-corrected chi connectivity index (χ3v) is 5.68. The number of hydrogen-bond donors (Lipinski definition) is 0. The highest BCUT2D eigenvalue weighted by molar-refractivity contribution is 6.22. The van der Waals surface area contributed by atoms with Crippen molar-refractivity contribution in [2.45, 2.75) is 106 Å². The Kier molecular flexibility index (Phi) is 11.9. The minimum atomic E-state index is -8.25. The number of unbranched alkanes of at least 4 members (excludes halogenated alkanes) is 6. The Balaban J connectivity index is 6.38. The smallest absolute Gasteiger partial charge is 0.337 e. The van der Waals surface area contributed by atoms with Gasteiger partial charge in [-0.3, -0.25) is 4.79 Å². The first-order valence-corrected chi connectivity index (χ1v) is 11.4. The Bertz CT molecular complexity index is 727. The van der Waals surface area contributed by atoms with Gasteiger partial charge in [0.25, 0.3) is 5.91 Å². The molecule has 222 valence electrons. The largest absolute Gasteiger partial charge is 0.393 e. The summed E-state index contributed by atoms with van der Waals surface area (Å²) in [6.07, 6.45) is 2.39. The average molecular weight is 598 g/mol. The molecule has 0 aromatic rings. The number of hydrogen-bond acceptors (Lipinski definition) is 1. The van der Waals surface area contributed by atoms with E-state index in [9.17, 15) is 66.3 Å². The van der Waals surface area contributed by atoms with E-state index in [-0.39, 0.29) is 30.6 Å². The zero-order valence-electron chi connectivity index (χ0n) is 19.6. The molecule has 0 fully saturated rings. The van der Waals surface area contributed by atoms with Crippen molar-refractivity contribution in [2.24, 2.45) is 0 Å². The fraction of sp³-hybridized carbons (Fsp3) is 0.950. The van der Waals surface area contributed by atoms with Crippen LogP contribution >= 0.6 is 11.6 Å². The lowest BCUT2D eigenvalue weighted by Gasteiger charge is -2.42. The summed E-state index contributed by atoms with van der Waals surface area (Å²) >= 11 is 3.57. The van der Waals surface area contributed by atoms with Crippen LogP contribution in [-0.2, 0) is 4.79 Å². The number of nitrogens with zero attached hydrogens (tertiary/aromatic N) is 1. The van der Waals surface area contributed by atoms with Crippen LogP contribution in [0.5, 0.6) is 0 Å². The molecule has 0 N–H and O–H groups in total. The molecule has 1 amide bonds. The maximum Gasteiger partial charge on any atom is 0.393 e. The highest BCUT2D eigenvalue weighted by Gasteiger charge is 2.93. The van der Waals surface area contributed by atoms with Gasteiger partial charge in [0.15, 0.2) is 0 Å². The van der Waals surface area contributed by atoms with Crippen LogP contribution in [0.2, 0.25) is 0 Å². The predicted molar refractivity (Wildman–Crippen MR) is 105 cm³/mol. The number of rotatable bonds is 17. The number of carbonyl (C=O) groups is 1. The molecule has 0 unspecified atom stereocenters. The van der Waals surface area contributed by atoms with Crippen molar-refractivity contribution in [1.29, 1.82) is 0 Å². The summed E-state index contributed by atoms with van der Waals surface area (Å²) in [6, 6.07) is 0. The van der Waals surface area contributed by atoms with E-state index >= 15 is 0 Å². The van der Waals surface area contributed by atoms with Gasteiger partial charge in [0.2, 0.25) is 0 Å². The number of carbonyl (C=O) groups excluding carboxylic acids is 1. The first-order valence-electron chi connectivity index (χ1n) is 11.1. The summed E-state index contributed by atoms with van der Waals surface area (Å²) in [4.78, 5) is 12.1. The second kappa shape index (κ2) is 12.3. The fourth-order valence-electron chi connectivity index (χ4n) is 3.07. The van der Waals surface area contributed by atoms with Crippen molar-refractivity contribution >= 4 is 17.5 Å². The molecular weight excluding hydrogens is 572 g/mol. The van der Waals surface area contributed by atoms with E-state index < -0.39 is 59.9 Å². The van der Waals surface area contributed by atoms with Gasteiger partial charge < -0.3 is 4.90 Å². The molecule has 0 saturated carbocycles. The SMILES string of the molecule is CCCCCCN(CCCCCC)C(=O)C(F)(F)C(F)(F)C(F)(F)C(F)(F)C(F)(F)C(F)(F)C(F)(F)Cl. The maximum atomic E-state index is 14.4. The summed E-state index contributed by atoms with van der Waals surface area (Å²) < 4.78 is 191. The van der Waals surface area contributed by atoms with Crippen molar-refractivity contribution in [3.05, 3.63) is 0 Å². The Morgan fingerprint density at radius 2 is 0.865 bits per heavy atom. The minimum Gasteiger partial charge on any atom is -0.337 e. The molecule has 0 heterocycles. The molecule has 0 atom stereocenters. The molecular formula is C20H26ClF14NO. The van der Waals surface area contributed by atoms with E-state index in [0.717, 1.165) is 0 Å². The molecule has 17 heteroatoms. The number of amides is 1. The first kappa shape index (κ1) is 35.8. The summed E-state index contributed by atoms with van der Waals surface area (Å²) in [5, 5.41) is -6.70. The standard InChI is InChI=1S/C20H26ClF14NO/c1-3-5-7-9-11-36(12-10-8-6-4-2)13(37)14(22,23)15(24,25)16(26,27)17(28,29)18(30,31)19(32,33)20(21,34)35/h3-12H2,1-2H3. The highest BCUT2D eigenvalue weighted by atomic mass is 35.5. The van der Waals surface area contributed by atoms with Gasteiger partial charge in [-0.15, -0.1) is 0 Å². The van der Waals surface area contributed by atoms with E-state index in [4.69, 9.17) is 0 Å². The van der Waals surface area contributed by atoms with Crippen LogP contribution in [-0.4, -0.2) is 64.8 Å². The van der Waals surface area contributed by atoms with Crippen molar-refractivity contribution in [3.8, 4) is 0 Å². The molecule has 0 spiro atoms. The van der Waals surface area contributed by atoms with Crippen molar-refractivity contribution in [2.75, 3.05) is 13.1 Å². The van der Waals surface area contributed by atoms with Gasteiger partial charge in [0.1, 0.15) is 0 Å². The van der Waals surface area contributed by atoms with Gasteiger partial charge in [-0.05, 0) is 24.4 Å². The zero-order valence-corrected chi connectivity index (χ0v) is 20.4. The zero-order chi connectivity index (χ0) is 29.7. The topological polar surface area (TPSA) is 20.3 Å². The molecule has 0 bridgehead atoms. The average Bonchev–Trinajstić information content (AvgIpc) is 2.76. The van der Waals surface area contributed by atoms with Gasteiger partial charge in [0, 0.05) is 13.1 Å². The van der Waals surface area contributed by atoms with Gasteiger partial charge in [0.05, 0.1) is 0 Å². The second-order valence-electron chi connectivity index (χ2n) is 8.36. The Labute approximate surface area is 208 Å². The van der Waals surface area contributed by atoms with E-state index in [2.05, 4.69) is 11.6 Å².